The first-order valence-electron chi connectivity index (χ1n) is 6.46. The van der Waals surface area contributed by atoms with Crippen molar-refractivity contribution >= 4 is 17.3 Å². The van der Waals surface area contributed by atoms with E-state index >= 15 is 0 Å². The lowest BCUT2D eigenvalue weighted by molar-refractivity contribution is 0.347. The minimum absolute atomic E-state index is 0.519. The fourth-order valence-electron chi connectivity index (χ4n) is 1.70. The highest BCUT2D eigenvalue weighted by atomic mass is 32.1. The molecule has 0 amide bonds. The monoisotopic (exact) mass is 310 g/mol. The normalized spacial score (nSPS) is 9.71. The van der Waals surface area contributed by atoms with Crippen molar-refractivity contribution in [1.82, 2.24) is 10.6 Å². The van der Waals surface area contributed by atoms with Crippen molar-refractivity contribution in [3.05, 3.63) is 29.8 Å². The van der Waals surface area contributed by atoms with E-state index in [1.165, 1.54) is 0 Å². The van der Waals surface area contributed by atoms with Gasteiger partial charge in [-0.3, -0.25) is 0 Å². The Labute approximate surface area is 131 Å². The van der Waals surface area contributed by atoms with Crippen LogP contribution in [0.5, 0.6) is 17.2 Å². The molecule has 0 bridgehead atoms. The number of methoxy groups -OCH3 is 3. The summed E-state index contributed by atoms with van der Waals surface area (Å²) in [5.74, 6) is 1.99. The Morgan fingerprint density at radius 3 is 2.14 bits per heavy atom. The highest BCUT2D eigenvalue weighted by Gasteiger charge is 2.11. The third kappa shape index (κ3) is 5.15. The minimum Gasteiger partial charge on any atom is -0.496 e. The molecular formula is C15H22N2O3S. The lowest BCUT2D eigenvalue weighted by Crippen LogP contribution is -2.35. The van der Waals surface area contributed by atoms with Crippen molar-refractivity contribution in [2.24, 2.45) is 0 Å². The van der Waals surface area contributed by atoms with Crippen molar-refractivity contribution in [3.63, 3.8) is 0 Å². The Balaban J connectivity index is 2.77. The van der Waals surface area contributed by atoms with Gasteiger partial charge in [-0.25, -0.2) is 0 Å². The second-order valence-corrected chi connectivity index (χ2v) is 4.92. The smallest absolute Gasteiger partial charge is 0.166 e. The molecule has 0 aliphatic heterocycles. The molecule has 1 rings (SSSR count). The van der Waals surface area contributed by atoms with E-state index in [0.717, 1.165) is 11.1 Å². The van der Waals surface area contributed by atoms with Gasteiger partial charge in [-0.15, -0.1) is 0 Å². The second-order valence-electron chi connectivity index (χ2n) is 4.51. The van der Waals surface area contributed by atoms with Crippen molar-refractivity contribution in [3.8, 4) is 17.2 Å². The molecule has 0 aliphatic rings. The summed E-state index contributed by atoms with van der Waals surface area (Å²) in [6.45, 7) is 6.92. The van der Waals surface area contributed by atoms with Crippen LogP contribution >= 0.6 is 12.2 Å². The molecular weight excluding hydrogens is 288 g/mol. The maximum Gasteiger partial charge on any atom is 0.166 e. The Hall–Kier alpha value is -1.95. The molecule has 0 spiro atoms. The molecule has 21 heavy (non-hydrogen) atoms. The van der Waals surface area contributed by atoms with E-state index < -0.39 is 0 Å². The van der Waals surface area contributed by atoms with E-state index in [1.54, 1.807) is 27.4 Å². The molecule has 0 radical (unpaired) electrons. The maximum absolute atomic E-state index is 5.36. The van der Waals surface area contributed by atoms with Crippen LogP contribution in [-0.2, 0) is 6.54 Å². The quantitative estimate of drug-likeness (QED) is 0.595. The van der Waals surface area contributed by atoms with Gasteiger partial charge in [0, 0.05) is 24.7 Å². The molecule has 6 heteroatoms. The number of ether oxygens (including phenoxy) is 3. The number of hydrogen-bond acceptors (Lipinski definition) is 4. The summed E-state index contributed by atoms with van der Waals surface area (Å²) in [4.78, 5) is 0. The third-order valence-corrected chi connectivity index (χ3v) is 3.07. The molecule has 0 saturated heterocycles. The molecule has 0 aliphatic carbocycles. The predicted octanol–water partition coefficient (Wildman–Crippen LogP) is 2.25. The van der Waals surface area contributed by atoms with Crippen LogP contribution in [-0.4, -0.2) is 33.0 Å². The molecule has 0 fully saturated rings. The van der Waals surface area contributed by atoms with Crippen molar-refractivity contribution in [2.45, 2.75) is 13.5 Å². The maximum atomic E-state index is 5.36. The lowest BCUT2D eigenvalue weighted by atomic mass is 10.1. The zero-order chi connectivity index (χ0) is 15.8. The van der Waals surface area contributed by atoms with Crippen LogP contribution in [0.2, 0.25) is 0 Å². The summed E-state index contributed by atoms with van der Waals surface area (Å²) in [6, 6.07) is 3.66. The summed E-state index contributed by atoms with van der Waals surface area (Å²) >= 11 is 5.20. The van der Waals surface area contributed by atoms with Crippen LogP contribution in [0.3, 0.4) is 0 Å². The lowest BCUT2D eigenvalue weighted by Gasteiger charge is -2.15. The zero-order valence-corrected chi connectivity index (χ0v) is 13.7. The topological polar surface area (TPSA) is 51.8 Å². The number of hydrogen-bond donors (Lipinski definition) is 2. The third-order valence-electron chi connectivity index (χ3n) is 2.78. The van der Waals surface area contributed by atoms with E-state index in [1.807, 2.05) is 13.0 Å². The van der Waals surface area contributed by atoms with Crippen LogP contribution in [0.4, 0.5) is 0 Å². The Kier molecular flexibility index (Phi) is 6.81. The summed E-state index contributed by atoms with van der Waals surface area (Å²) in [7, 11) is 4.80. The van der Waals surface area contributed by atoms with E-state index in [0.29, 0.717) is 35.5 Å². The molecule has 1 aromatic rings. The Bertz CT molecular complexity index is 518. The first-order chi connectivity index (χ1) is 10.0. The van der Waals surface area contributed by atoms with Gasteiger partial charge in [0.2, 0.25) is 0 Å². The van der Waals surface area contributed by atoms with Gasteiger partial charge in [0.25, 0.3) is 0 Å². The number of nitrogens with one attached hydrogen (secondary N) is 2. The first kappa shape index (κ1) is 17.1. The molecule has 0 saturated carbocycles. The molecule has 116 valence electrons. The Morgan fingerprint density at radius 1 is 1.05 bits per heavy atom. The average molecular weight is 310 g/mol. The van der Waals surface area contributed by atoms with Crippen molar-refractivity contribution in [2.75, 3.05) is 27.9 Å². The predicted molar refractivity (Wildman–Crippen MR) is 88.4 cm³/mol. The SMILES string of the molecule is C=C(C)CNC(=S)NCc1cc(OC)c(OC)cc1OC. The number of rotatable bonds is 7. The van der Waals surface area contributed by atoms with Crippen LogP contribution in [0.1, 0.15) is 12.5 Å². The molecule has 1 aromatic carbocycles. The molecule has 2 N–H and O–H groups in total. The van der Waals surface area contributed by atoms with E-state index in [4.69, 9.17) is 26.4 Å². The van der Waals surface area contributed by atoms with Gasteiger partial charge in [0.1, 0.15) is 5.75 Å². The largest absolute Gasteiger partial charge is 0.496 e. The highest BCUT2D eigenvalue weighted by Crippen LogP contribution is 2.34. The van der Waals surface area contributed by atoms with Gasteiger partial charge < -0.3 is 24.8 Å². The Morgan fingerprint density at radius 2 is 1.62 bits per heavy atom. The van der Waals surface area contributed by atoms with Crippen molar-refractivity contribution in [1.29, 1.82) is 0 Å². The minimum atomic E-state index is 0.519. The van der Waals surface area contributed by atoms with Gasteiger partial charge in [-0.05, 0) is 25.2 Å². The van der Waals surface area contributed by atoms with E-state index in [9.17, 15) is 0 Å². The van der Waals surface area contributed by atoms with Gasteiger partial charge in [0.15, 0.2) is 16.6 Å². The molecule has 0 atom stereocenters. The number of thiocarbonyl (C=S) groups is 1. The summed E-state index contributed by atoms with van der Waals surface area (Å²) < 4.78 is 15.9. The molecule has 0 aromatic heterocycles. The summed E-state index contributed by atoms with van der Waals surface area (Å²) in [6.07, 6.45) is 0. The van der Waals surface area contributed by atoms with Gasteiger partial charge >= 0.3 is 0 Å². The summed E-state index contributed by atoms with van der Waals surface area (Å²) in [5.41, 5.74) is 1.94. The van der Waals surface area contributed by atoms with Crippen LogP contribution in [0.15, 0.2) is 24.3 Å². The van der Waals surface area contributed by atoms with E-state index in [-0.39, 0.29) is 0 Å². The summed E-state index contributed by atoms with van der Waals surface area (Å²) in [5, 5.41) is 6.75. The fourth-order valence-corrected chi connectivity index (χ4v) is 1.84. The van der Waals surface area contributed by atoms with Crippen LogP contribution in [0.25, 0.3) is 0 Å². The molecule has 0 unspecified atom stereocenters. The second kappa shape index (κ2) is 8.36. The standard InChI is InChI=1S/C15H22N2O3S/c1-10(2)8-16-15(21)17-9-11-6-13(19-4)14(20-5)7-12(11)18-3/h6-7H,1,8-9H2,2-5H3,(H2,16,17,21). The van der Waals surface area contributed by atoms with Gasteiger partial charge in [0.05, 0.1) is 21.3 Å². The fraction of sp³-hybridized carbons (Fsp3) is 0.400. The molecule has 5 nitrogen and oxygen atoms in total. The average Bonchev–Trinajstić information content (AvgIpc) is 2.49. The zero-order valence-electron chi connectivity index (χ0n) is 12.9. The number of benzene rings is 1. The molecule has 0 heterocycles. The van der Waals surface area contributed by atoms with Gasteiger partial charge in [-0.1, -0.05) is 12.2 Å². The van der Waals surface area contributed by atoms with Crippen LogP contribution < -0.4 is 24.8 Å². The van der Waals surface area contributed by atoms with Gasteiger partial charge in [-0.2, -0.15) is 0 Å². The van der Waals surface area contributed by atoms with E-state index in [2.05, 4.69) is 17.2 Å². The first-order valence-corrected chi connectivity index (χ1v) is 6.87. The highest BCUT2D eigenvalue weighted by molar-refractivity contribution is 7.80. The van der Waals surface area contributed by atoms with Crippen LogP contribution in [0, 0.1) is 0 Å². The van der Waals surface area contributed by atoms with Crippen molar-refractivity contribution < 1.29 is 14.2 Å².